The van der Waals surface area contributed by atoms with Gasteiger partial charge in [-0.3, -0.25) is 0 Å². The maximum Gasteiger partial charge on any atom is 0.312 e. The highest BCUT2D eigenvalue weighted by molar-refractivity contribution is 5.71. The van der Waals surface area contributed by atoms with E-state index < -0.39 is 6.03 Å². The third-order valence-corrected chi connectivity index (χ3v) is 1.57. The van der Waals surface area contributed by atoms with E-state index in [2.05, 4.69) is 15.3 Å². The molecule has 0 saturated carbocycles. The Morgan fingerprint density at radius 2 is 2.46 bits per heavy atom. The molecule has 0 atom stereocenters. The van der Waals surface area contributed by atoms with Crippen LogP contribution in [0.25, 0.3) is 0 Å². The molecule has 13 heavy (non-hydrogen) atoms. The smallest absolute Gasteiger partial charge is 0.312 e. The molecule has 1 rings (SSSR count). The molecule has 0 aliphatic rings. The minimum absolute atomic E-state index is 0.415. The lowest BCUT2D eigenvalue weighted by atomic mass is 10.2. The minimum Gasteiger partial charge on any atom is -0.369 e. The Morgan fingerprint density at radius 3 is 3.00 bits per heavy atom. The van der Waals surface area contributed by atoms with Crippen molar-refractivity contribution in [1.82, 2.24) is 15.3 Å². The molecule has 72 valence electrons. The van der Waals surface area contributed by atoms with E-state index in [0.29, 0.717) is 12.5 Å². The zero-order valence-corrected chi connectivity index (χ0v) is 7.21. The fourth-order valence-corrected chi connectivity index (χ4v) is 0.994. The third kappa shape index (κ3) is 3.46. The fraction of sp³-hybridized carbons (Fsp3) is 0.429. The molecule has 0 radical (unpaired) electrons. The Hall–Kier alpha value is -1.72. The van der Waals surface area contributed by atoms with Gasteiger partial charge in [-0.15, -0.1) is 0 Å². The van der Waals surface area contributed by atoms with Gasteiger partial charge in [0.1, 0.15) is 0 Å². The van der Waals surface area contributed by atoms with Crippen molar-refractivity contribution in [3.63, 3.8) is 0 Å². The Kier molecular flexibility index (Phi) is 3.13. The quantitative estimate of drug-likeness (QED) is 0.476. The number of carbonyl (C=O) groups is 1. The Labute approximate surface area is 75.7 Å². The lowest BCUT2D eigenvalue weighted by Crippen LogP contribution is -2.30. The standard InChI is InChI=1S/C7H13N5O/c8-6-11-4-5(12-6)2-1-3-10-7(9)13/h4H,1-3H2,(H3,8,11,12)(H3,9,10,13). The van der Waals surface area contributed by atoms with Gasteiger partial charge in [-0.05, 0) is 12.8 Å². The summed E-state index contributed by atoms with van der Waals surface area (Å²) in [7, 11) is 0. The molecular formula is C7H13N5O. The van der Waals surface area contributed by atoms with Crippen LogP contribution in [0.15, 0.2) is 6.20 Å². The topological polar surface area (TPSA) is 110 Å². The molecular weight excluding hydrogens is 170 g/mol. The van der Waals surface area contributed by atoms with Crippen LogP contribution in [0.1, 0.15) is 12.1 Å². The number of hydrogen-bond donors (Lipinski definition) is 4. The number of aromatic amines is 1. The maximum absolute atomic E-state index is 10.3. The number of nitrogens with one attached hydrogen (secondary N) is 2. The van der Waals surface area contributed by atoms with Crippen molar-refractivity contribution in [1.29, 1.82) is 0 Å². The predicted molar refractivity (Wildman–Crippen MR) is 48.9 cm³/mol. The van der Waals surface area contributed by atoms with Gasteiger partial charge in [0.15, 0.2) is 5.95 Å². The van der Waals surface area contributed by atoms with Crippen molar-refractivity contribution in [3.05, 3.63) is 11.9 Å². The first-order valence-corrected chi connectivity index (χ1v) is 4.01. The van der Waals surface area contributed by atoms with E-state index in [1.54, 1.807) is 6.20 Å². The number of amides is 2. The van der Waals surface area contributed by atoms with Gasteiger partial charge in [-0.25, -0.2) is 9.78 Å². The number of nitrogens with two attached hydrogens (primary N) is 2. The fourth-order valence-electron chi connectivity index (χ4n) is 0.994. The molecule has 1 aromatic rings. The molecule has 0 bridgehead atoms. The SMILES string of the molecule is NC(=O)NCCCc1cnc(N)[nH]1. The number of urea groups is 1. The number of H-pyrrole nitrogens is 1. The molecule has 6 N–H and O–H groups in total. The first kappa shape index (κ1) is 9.37. The monoisotopic (exact) mass is 183 g/mol. The van der Waals surface area contributed by atoms with Gasteiger partial charge in [-0.2, -0.15) is 0 Å². The number of anilines is 1. The molecule has 1 aromatic heterocycles. The average Bonchev–Trinajstić information content (AvgIpc) is 2.45. The first-order valence-electron chi connectivity index (χ1n) is 4.01. The van der Waals surface area contributed by atoms with Crippen molar-refractivity contribution in [2.75, 3.05) is 12.3 Å². The maximum atomic E-state index is 10.3. The molecule has 0 aliphatic heterocycles. The van der Waals surface area contributed by atoms with Gasteiger partial charge in [0.05, 0.1) is 6.20 Å². The Balaban J connectivity index is 2.16. The number of primary amides is 1. The first-order chi connectivity index (χ1) is 6.18. The molecule has 0 saturated heterocycles. The molecule has 6 nitrogen and oxygen atoms in total. The predicted octanol–water partition coefficient (Wildman–Crippen LogP) is -0.407. The van der Waals surface area contributed by atoms with Crippen molar-refractivity contribution in [2.45, 2.75) is 12.8 Å². The van der Waals surface area contributed by atoms with Gasteiger partial charge in [0.2, 0.25) is 0 Å². The highest BCUT2D eigenvalue weighted by Crippen LogP contribution is 2.00. The van der Waals surface area contributed by atoms with Crippen LogP contribution >= 0.6 is 0 Å². The van der Waals surface area contributed by atoms with Crippen LogP contribution in [0.4, 0.5) is 10.7 Å². The van der Waals surface area contributed by atoms with Gasteiger partial charge in [0.25, 0.3) is 0 Å². The number of nitrogens with zero attached hydrogens (tertiary/aromatic N) is 1. The normalized spacial score (nSPS) is 9.85. The number of hydrogen-bond acceptors (Lipinski definition) is 3. The summed E-state index contributed by atoms with van der Waals surface area (Å²) < 4.78 is 0. The largest absolute Gasteiger partial charge is 0.369 e. The number of aryl methyl sites for hydroxylation is 1. The summed E-state index contributed by atoms with van der Waals surface area (Å²) in [5.41, 5.74) is 11.2. The highest BCUT2D eigenvalue weighted by Gasteiger charge is 1.97. The summed E-state index contributed by atoms with van der Waals surface area (Å²) in [6, 6.07) is -0.496. The molecule has 0 aliphatic carbocycles. The molecule has 1 heterocycles. The number of imidazole rings is 1. The molecule has 2 amide bonds. The van der Waals surface area contributed by atoms with Gasteiger partial charge < -0.3 is 21.8 Å². The van der Waals surface area contributed by atoms with E-state index in [1.807, 2.05) is 0 Å². The van der Waals surface area contributed by atoms with Crippen molar-refractivity contribution in [3.8, 4) is 0 Å². The Bertz CT molecular complexity index is 282. The van der Waals surface area contributed by atoms with Crippen LogP contribution in [0, 0.1) is 0 Å². The summed E-state index contributed by atoms with van der Waals surface area (Å²) >= 11 is 0. The minimum atomic E-state index is -0.496. The van der Waals surface area contributed by atoms with E-state index in [-0.39, 0.29) is 0 Å². The average molecular weight is 183 g/mol. The van der Waals surface area contributed by atoms with Gasteiger partial charge in [0, 0.05) is 12.2 Å². The summed E-state index contributed by atoms with van der Waals surface area (Å²) in [5, 5.41) is 2.50. The second-order valence-corrected chi connectivity index (χ2v) is 2.69. The summed E-state index contributed by atoms with van der Waals surface area (Å²) in [4.78, 5) is 17.0. The van der Waals surface area contributed by atoms with Gasteiger partial charge in [-0.1, -0.05) is 0 Å². The van der Waals surface area contributed by atoms with Crippen molar-refractivity contribution >= 4 is 12.0 Å². The van der Waals surface area contributed by atoms with Crippen LogP contribution in [0.5, 0.6) is 0 Å². The van der Waals surface area contributed by atoms with Gasteiger partial charge >= 0.3 is 6.03 Å². The second-order valence-electron chi connectivity index (χ2n) is 2.69. The molecule has 0 aromatic carbocycles. The van der Waals surface area contributed by atoms with Crippen LogP contribution in [-0.4, -0.2) is 22.5 Å². The second kappa shape index (κ2) is 4.34. The van der Waals surface area contributed by atoms with E-state index in [9.17, 15) is 4.79 Å². The van der Waals surface area contributed by atoms with Crippen LogP contribution in [0.3, 0.4) is 0 Å². The van der Waals surface area contributed by atoms with Crippen LogP contribution < -0.4 is 16.8 Å². The van der Waals surface area contributed by atoms with Crippen molar-refractivity contribution in [2.24, 2.45) is 5.73 Å². The lowest BCUT2D eigenvalue weighted by Gasteiger charge is -1.99. The molecule has 0 unspecified atom stereocenters. The summed E-state index contributed by atoms with van der Waals surface area (Å²) in [5.74, 6) is 0.415. The zero-order valence-electron chi connectivity index (χ0n) is 7.21. The molecule has 6 heteroatoms. The summed E-state index contributed by atoms with van der Waals surface area (Å²) in [6.45, 7) is 0.564. The van der Waals surface area contributed by atoms with Crippen LogP contribution in [0.2, 0.25) is 0 Å². The zero-order chi connectivity index (χ0) is 9.68. The molecule has 0 fully saturated rings. The molecule has 0 spiro atoms. The van der Waals surface area contributed by atoms with E-state index >= 15 is 0 Å². The number of aromatic nitrogens is 2. The third-order valence-electron chi connectivity index (χ3n) is 1.57. The lowest BCUT2D eigenvalue weighted by molar-refractivity contribution is 0.249. The number of carbonyl (C=O) groups excluding carboxylic acids is 1. The summed E-state index contributed by atoms with van der Waals surface area (Å²) in [6.07, 6.45) is 3.29. The highest BCUT2D eigenvalue weighted by atomic mass is 16.2. The van der Waals surface area contributed by atoms with E-state index in [1.165, 1.54) is 0 Å². The van der Waals surface area contributed by atoms with Crippen LogP contribution in [-0.2, 0) is 6.42 Å². The number of nitrogen functional groups attached to an aromatic ring is 1. The Morgan fingerprint density at radius 1 is 1.69 bits per heavy atom. The van der Waals surface area contributed by atoms with Crippen molar-refractivity contribution < 1.29 is 4.79 Å². The number of rotatable bonds is 4. The van der Waals surface area contributed by atoms with E-state index in [0.717, 1.165) is 18.5 Å². The van der Waals surface area contributed by atoms with E-state index in [4.69, 9.17) is 11.5 Å².